The first-order chi connectivity index (χ1) is 8.43. The monoisotopic (exact) mass is 230 g/mol. The second-order valence-corrected chi connectivity index (χ2v) is 5.61. The van der Waals surface area contributed by atoms with Gasteiger partial charge in [-0.25, -0.2) is 0 Å². The summed E-state index contributed by atoms with van der Waals surface area (Å²) in [6.45, 7) is 0. The number of aromatic nitrogens is 1. The first-order valence-corrected chi connectivity index (χ1v) is 7.10. The molecule has 3 unspecified atom stereocenters. The van der Waals surface area contributed by atoms with Crippen molar-refractivity contribution in [2.24, 2.45) is 16.8 Å². The van der Waals surface area contributed by atoms with Gasteiger partial charge < -0.3 is 4.98 Å². The molecule has 1 aromatic heterocycles. The summed E-state index contributed by atoms with van der Waals surface area (Å²) in [5.41, 5.74) is 1.14. The minimum Gasteiger partial charge on any atom is -0.360 e. The van der Waals surface area contributed by atoms with E-state index in [1.807, 2.05) is 18.5 Å². The maximum Gasteiger partial charge on any atom is 0.0561 e. The highest BCUT2D eigenvalue weighted by Crippen LogP contribution is 2.41. The zero-order valence-corrected chi connectivity index (χ0v) is 10.4. The van der Waals surface area contributed by atoms with E-state index in [0.29, 0.717) is 6.04 Å². The van der Waals surface area contributed by atoms with Gasteiger partial charge in [-0.15, -0.1) is 0 Å². The van der Waals surface area contributed by atoms with E-state index in [2.05, 4.69) is 11.1 Å². The molecule has 0 amide bonds. The van der Waals surface area contributed by atoms with Gasteiger partial charge in [0.1, 0.15) is 0 Å². The largest absolute Gasteiger partial charge is 0.360 e. The number of nitrogens with zero attached hydrogens (tertiary/aromatic N) is 1. The SMILES string of the molecule is C(=N\C1CCCC2CCCCC21)/c1ccc[nH]1. The molecule has 1 aromatic rings. The third kappa shape index (κ3) is 2.46. The van der Waals surface area contributed by atoms with Gasteiger partial charge in [0.05, 0.1) is 11.7 Å². The predicted molar refractivity (Wildman–Crippen MR) is 71.5 cm³/mol. The maximum atomic E-state index is 4.85. The van der Waals surface area contributed by atoms with Gasteiger partial charge >= 0.3 is 0 Å². The minimum absolute atomic E-state index is 0.595. The summed E-state index contributed by atoms with van der Waals surface area (Å²) in [4.78, 5) is 8.05. The quantitative estimate of drug-likeness (QED) is 0.749. The van der Waals surface area contributed by atoms with Gasteiger partial charge in [-0.05, 0) is 36.8 Å². The Morgan fingerprint density at radius 1 is 1.12 bits per heavy atom. The van der Waals surface area contributed by atoms with E-state index in [0.717, 1.165) is 17.5 Å². The van der Waals surface area contributed by atoms with Crippen LogP contribution in [0.25, 0.3) is 0 Å². The molecule has 2 aliphatic carbocycles. The highest BCUT2D eigenvalue weighted by atomic mass is 14.8. The van der Waals surface area contributed by atoms with Crippen molar-refractivity contribution in [3.8, 4) is 0 Å². The summed E-state index contributed by atoms with van der Waals surface area (Å²) in [6.07, 6.45) is 13.9. The van der Waals surface area contributed by atoms with Crippen molar-refractivity contribution >= 4 is 6.21 Å². The molecule has 1 heterocycles. The molecule has 1 N–H and O–H groups in total. The highest BCUT2D eigenvalue weighted by Gasteiger charge is 2.34. The van der Waals surface area contributed by atoms with Crippen LogP contribution in [0.5, 0.6) is 0 Å². The first-order valence-electron chi connectivity index (χ1n) is 7.10. The Kier molecular flexibility index (Phi) is 3.30. The third-order valence-corrected chi connectivity index (χ3v) is 4.56. The van der Waals surface area contributed by atoms with E-state index >= 15 is 0 Å². The number of H-pyrrole nitrogens is 1. The molecule has 2 heteroatoms. The summed E-state index contributed by atoms with van der Waals surface area (Å²) < 4.78 is 0. The molecule has 0 radical (unpaired) electrons. The van der Waals surface area contributed by atoms with Crippen LogP contribution in [0.2, 0.25) is 0 Å². The fourth-order valence-electron chi connectivity index (χ4n) is 3.69. The number of hydrogen-bond donors (Lipinski definition) is 1. The molecule has 0 spiro atoms. The Bertz CT molecular complexity index is 364. The zero-order valence-electron chi connectivity index (χ0n) is 10.4. The van der Waals surface area contributed by atoms with E-state index in [-0.39, 0.29) is 0 Å². The van der Waals surface area contributed by atoms with Crippen molar-refractivity contribution in [3.63, 3.8) is 0 Å². The number of aliphatic imine (C=N–C) groups is 1. The van der Waals surface area contributed by atoms with Crippen molar-refractivity contribution in [2.45, 2.75) is 51.0 Å². The van der Waals surface area contributed by atoms with Crippen molar-refractivity contribution < 1.29 is 0 Å². The minimum atomic E-state index is 0.595. The van der Waals surface area contributed by atoms with Gasteiger partial charge in [0.2, 0.25) is 0 Å². The Balaban J connectivity index is 1.69. The van der Waals surface area contributed by atoms with E-state index in [1.54, 1.807) is 0 Å². The Morgan fingerprint density at radius 3 is 2.88 bits per heavy atom. The highest BCUT2D eigenvalue weighted by molar-refractivity contribution is 5.77. The number of hydrogen-bond acceptors (Lipinski definition) is 1. The van der Waals surface area contributed by atoms with Crippen molar-refractivity contribution in [3.05, 3.63) is 24.0 Å². The maximum absolute atomic E-state index is 4.85. The van der Waals surface area contributed by atoms with Crippen molar-refractivity contribution in [1.29, 1.82) is 0 Å². The lowest BCUT2D eigenvalue weighted by Gasteiger charge is -2.39. The second kappa shape index (κ2) is 5.07. The summed E-state index contributed by atoms with van der Waals surface area (Å²) >= 11 is 0. The molecular formula is C15H22N2. The Morgan fingerprint density at radius 2 is 2.00 bits per heavy atom. The smallest absolute Gasteiger partial charge is 0.0561 e. The molecule has 92 valence electrons. The molecule has 0 saturated heterocycles. The fraction of sp³-hybridized carbons (Fsp3) is 0.667. The molecule has 17 heavy (non-hydrogen) atoms. The normalized spacial score (nSPS) is 33.8. The van der Waals surface area contributed by atoms with Crippen LogP contribution < -0.4 is 0 Å². The molecule has 3 atom stereocenters. The molecule has 0 aliphatic heterocycles. The molecule has 2 saturated carbocycles. The lowest BCUT2D eigenvalue weighted by atomic mass is 9.68. The van der Waals surface area contributed by atoms with Gasteiger partial charge in [0, 0.05) is 12.4 Å². The number of aromatic amines is 1. The van der Waals surface area contributed by atoms with Gasteiger partial charge in [0.25, 0.3) is 0 Å². The van der Waals surface area contributed by atoms with Gasteiger partial charge in [-0.3, -0.25) is 4.99 Å². The van der Waals surface area contributed by atoms with Crippen molar-refractivity contribution in [1.82, 2.24) is 4.98 Å². The molecule has 2 aliphatic rings. The second-order valence-electron chi connectivity index (χ2n) is 5.61. The zero-order chi connectivity index (χ0) is 11.5. The predicted octanol–water partition coefficient (Wildman–Crippen LogP) is 3.79. The molecule has 2 nitrogen and oxygen atoms in total. The lowest BCUT2D eigenvalue weighted by Crippen LogP contribution is -2.33. The van der Waals surface area contributed by atoms with Crippen LogP contribution in [-0.4, -0.2) is 17.2 Å². The lowest BCUT2D eigenvalue weighted by molar-refractivity contribution is 0.148. The third-order valence-electron chi connectivity index (χ3n) is 4.56. The van der Waals surface area contributed by atoms with Crippen LogP contribution in [-0.2, 0) is 0 Å². The van der Waals surface area contributed by atoms with E-state index < -0.39 is 0 Å². The number of rotatable bonds is 2. The number of nitrogens with one attached hydrogen (secondary N) is 1. The molecular weight excluding hydrogens is 208 g/mol. The van der Waals surface area contributed by atoms with E-state index in [1.165, 1.54) is 44.9 Å². The topological polar surface area (TPSA) is 28.1 Å². The van der Waals surface area contributed by atoms with E-state index in [4.69, 9.17) is 4.99 Å². The molecule has 0 aromatic carbocycles. The molecule has 0 bridgehead atoms. The van der Waals surface area contributed by atoms with Crippen LogP contribution >= 0.6 is 0 Å². The van der Waals surface area contributed by atoms with Crippen LogP contribution in [0.15, 0.2) is 23.3 Å². The van der Waals surface area contributed by atoms with Gasteiger partial charge in [-0.2, -0.15) is 0 Å². The summed E-state index contributed by atoms with van der Waals surface area (Å²) in [7, 11) is 0. The van der Waals surface area contributed by atoms with Crippen LogP contribution in [0.4, 0.5) is 0 Å². The Labute approximate surface area is 104 Å². The summed E-state index contributed by atoms with van der Waals surface area (Å²) in [5, 5.41) is 0. The Hall–Kier alpha value is -1.05. The van der Waals surface area contributed by atoms with Crippen LogP contribution in [0, 0.1) is 11.8 Å². The average molecular weight is 230 g/mol. The van der Waals surface area contributed by atoms with E-state index in [9.17, 15) is 0 Å². The van der Waals surface area contributed by atoms with Crippen LogP contribution in [0.3, 0.4) is 0 Å². The first kappa shape index (κ1) is 11.1. The van der Waals surface area contributed by atoms with Crippen molar-refractivity contribution in [2.75, 3.05) is 0 Å². The summed E-state index contributed by atoms with van der Waals surface area (Å²) in [6, 6.07) is 4.72. The summed E-state index contributed by atoms with van der Waals surface area (Å²) in [5.74, 6) is 1.85. The molecule has 2 fully saturated rings. The van der Waals surface area contributed by atoms with Gasteiger partial charge in [-0.1, -0.05) is 32.1 Å². The molecule has 3 rings (SSSR count). The van der Waals surface area contributed by atoms with Gasteiger partial charge in [0.15, 0.2) is 0 Å². The fourth-order valence-corrected chi connectivity index (χ4v) is 3.69. The number of fused-ring (bicyclic) bond motifs is 1. The standard InChI is InChI=1S/C15H22N2/c1-2-8-14-12(5-1)6-3-9-15(14)17-11-13-7-4-10-16-13/h4,7,10-12,14-16H,1-3,5-6,8-9H2/b17-11+. The average Bonchev–Trinajstić information content (AvgIpc) is 2.89. The van der Waals surface area contributed by atoms with Crippen LogP contribution in [0.1, 0.15) is 50.6 Å².